The molecule has 1 aromatic heterocycles. The van der Waals surface area contributed by atoms with Crippen LogP contribution in [0.1, 0.15) is 10.5 Å². The highest BCUT2D eigenvalue weighted by Gasteiger charge is 2.06. The highest BCUT2D eigenvalue weighted by Crippen LogP contribution is 2.14. The van der Waals surface area contributed by atoms with Crippen LogP contribution in [0.25, 0.3) is 0 Å². The quantitative estimate of drug-likeness (QED) is 0.844. The lowest BCUT2D eigenvalue weighted by molar-refractivity contribution is 0.0951. The van der Waals surface area contributed by atoms with Gasteiger partial charge in [-0.15, -0.1) is 0 Å². The molecule has 2 aromatic rings. The molecule has 23 heavy (non-hydrogen) atoms. The standard InChI is InChI=1S/C16H14FN3O3/c1-20-15(21)9-8-13(19-20)16(22)18-10-4-5-11-23-14-7-3-2-6-12(14)17/h2-3,6-9H,10-11H2,1H3,(H,18,22). The Hall–Kier alpha value is -3.14. The van der Waals surface area contributed by atoms with E-state index >= 15 is 0 Å². The van der Waals surface area contributed by atoms with E-state index in [-0.39, 0.29) is 30.2 Å². The van der Waals surface area contributed by atoms with Crippen molar-refractivity contribution in [1.29, 1.82) is 0 Å². The number of hydrogen-bond acceptors (Lipinski definition) is 4. The molecule has 0 radical (unpaired) electrons. The normalized spacial score (nSPS) is 9.65. The molecule has 0 aliphatic heterocycles. The first-order valence-corrected chi connectivity index (χ1v) is 6.73. The Labute approximate surface area is 131 Å². The molecule has 0 spiro atoms. The highest BCUT2D eigenvalue weighted by atomic mass is 19.1. The zero-order valence-corrected chi connectivity index (χ0v) is 12.4. The fourth-order valence-electron chi connectivity index (χ4n) is 1.63. The molecule has 6 nitrogen and oxygen atoms in total. The van der Waals surface area contributed by atoms with Gasteiger partial charge in [0.2, 0.25) is 0 Å². The minimum atomic E-state index is -0.455. The number of nitrogens with one attached hydrogen (secondary N) is 1. The van der Waals surface area contributed by atoms with Crippen LogP contribution in [0, 0.1) is 17.7 Å². The first kappa shape index (κ1) is 16.2. The Bertz CT molecular complexity index is 821. The number of benzene rings is 1. The molecule has 0 atom stereocenters. The summed E-state index contributed by atoms with van der Waals surface area (Å²) in [6.45, 7) is 0.0961. The lowest BCUT2D eigenvalue weighted by Gasteiger charge is -2.02. The average Bonchev–Trinajstić information content (AvgIpc) is 2.54. The van der Waals surface area contributed by atoms with E-state index in [0.29, 0.717) is 0 Å². The Morgan fingerprint density at radius 3 is 2.83 bits per heavy atom. The summed E-state index contributed by atoms with van der Waals surface area (Å²) in [5, 5.41) is 6.35. The van der Waals surface area contributed by atoms with Gasteiger partial charge in [0, 0.05) is 13.1 Å². The molecule has 1 heterocycles. The number of carbonyl (C=O) groups excluding carboxylic acids is 1. The zero-order chi connectivity index (χ0) is 16.7. The van der Waals surface area contributed by atoms with Crippen LogP contribution >= 0.6 is 0 Å². The zero-order valence-electron chi connectivity index (χ0n) is 12.4. The number of nitrogens with zero attached hydrogens (tertiary/aromatic N) is 2. The second-order valence-electron chi connectivity index (χ2n) is 4.44. The van der Waals surface area contributed by atoms with Crippen LogP contribution in [-0.2, 0) is 7.05 Å². The Kier molecular flexibility index (Phi) is 5.47. The third kappa shape index (κ3) is 4.68. The summed E-state index contributed by atoms with van der Waals surface area (Å²) in [6.07, 6.45) is 0. The molecular weight excluding hydrogens is 301 g/mol. The molecule has 0 aliphatic rings. The molecular formula is C16H14FN3O3. The largest absolute Gasteiger partial charge is 0.478 e. The maximum absolute atomic E-state index is 13.3. The van der Waals surface area contributed by atoms with Crippen molar-refractivity contribution in [3.63, 3.8) is 0 Å². The minimum Gasteiger partial charge on any atom is -0.478 e. The third-order valence-electron chi connectivity index (χ3n) is 2.79. The van der Waals surface area contributed by atoms with Gasteiger partial charge in [-0.3, -0.25) is 9.59 Å². The third-order valence-corrected chi connectivity index (χ3v) is 2.79. The van der Waals surface area contributed by atoms with Crippen molar-refractivity contribution in [1.82, 2.24) is 15.1 Å². The van der Waals surface area contributed by atoms with Crippen LogP contribution in [0.2, 0.25) is 0 Å². The lowest BCUT2D eigenvalue weighted by Crippen LogP contribution is -2.28. The summed E-state index contributed by atoms with van der Waals surface area (Å²) in [5.41, 5.74) is -0.178. The van der Waals surface area contributed by atoms with Crippen LogP contribution in [0.3, 0.4) is 0 Å². The summed E-state index contributed by atoms with van der Waals surface area (Å²) in [7, 11) is 1.46. The fraction of sp³-hybridized carbons (Fsp3) is 0.188. The van der Waals surface area contributed by atoms with Crippen LogP contribution in [-0.4, -0.2) is 28.8 Å². The van der Waals surface area contributed by atoms with Gasteiger partial charge in [0.25, 0.3) is 11.5 Å². The summed E-state index contributed by atoms with van der Waals surface area (Å²) in [5.74, 6) is 4.57. The summed E-state index contributed by atoms with van der Waals surface area (Å²) in [4.78, 5) is 22.9. The molecule has 118 valence electrons. The number of ether oxygens (including phenoxy) is 1. The van der Waals surface area contributed by atoms with Gasteiger partial charge in [-0.25, -0.2) is 9.07 Å². The number of rotatable bonds is 4. The number of para-hydroxylation sites is 1. The van der Waals surface area contributed by atoms with Gasteiger partial charge in [-0.05, 0) is 18.2 Å². The first-order valence-electron chi connectivity index (χ1n) is 6.73. The van der Waals surface area contributed by atoms with E-state index in [9.17, 15) is 14.0 Å². The van der Waals surface area contributed by atoms with Crippen molar-refractivity contribution >= 4 is 5.91 Å². The number of halogens is 1. The van der Waals surface area contributed by atoms with Crippen LogP contribution < -0.4 is 15.6 Å². The van der Waals surface area contributed by atoms with Crippen molar-refractivity contribution in [2.24, 2.45) is 7.05 Å². The Balaban J connectivity index is 1.79. The SMILES string of the molecule is Cn1nc(C(=O)NCC#CCOc2ccccc2F)ccc1=O. The number of amides is 1. The maximum Gasteiger partial charge on any atom is 0.272 e. The van der Waals surface area contributed by atoms with E-state index in [1.807, 2.05) is 0 Å². The molecule has 0 unspecified atom stereocenters. The van der Waals surface area contributed by atoms with Crippen LogP contribution in [0.4, 0.5) is 4.39 Å². The van der Waals surface area contributed by atoms with Gasteiger partial charge in [0.15, 0.2) is 11.6 Å². The molecule has 2 rings (SSSR count). The van der Waals surface area contributed by atoms with Gasteiger partial charge in [0.1, 0.15) is 12.3 Å². The summed E-state index contributed by atoms with van der Waals surface area (Å²) < 4.78 is 19.5. The second kappa shape index (κ2) is 7.75. The van der Waals surface area contributed by atoms with Gasteiger partial charge < -0.3 is 10.1 Å². The van der Waals surface area contributed by atoms with E-state index in [0.717, 1.165) is 4.68 Å². The second-order valence-corrected chi connectivity index (χ2v) is 4.44. The highest BCUT2D eigenvalue weighted by molar-refractivity contribution is 5.92. The molecule has 1 aromatic carbocycles. The molecule has 0 saturated carbocycles. The van der Waals surface area contributed by atoms with E-state index in [1.165, 1.54) is 31.3 Å². The van der Waals surface area contributed by atoms with Crippen molar-refractivity contribution in [2.45, 2.75) is 0 Å². The Morgan fingerprint density at radius 1 is 1.30 bits per heavy atom. The van der Waals surface area contributed by atoms with Gasteiger partial charge in [-0.1, -0.05) is 24.0 Å². The van der Waals surface area contributed by atoms with Gasteiger partial charge >= 0.3 is 0 Å². The van der Waals surface area contributed by atoms with Crippen molar-refractivity contribution in [3.8, 4) is 17.6 Å². The monoisotopic (exact) mass is 315 g/mol. The summed E-state index contributed by atoms with van der Waals surface area (Å²) >= 11 is 0. The number of carbonyl (C=O) groups is 1. The summed E-state index contributed by atoms with van der Waals surface area (Å²) in [6, 6.07) is 8.62. The lowest BCUT2D eigenvalue weighted by atomic mass is 10.3. The maximum atomic E-state index is 13.3. The van der Waals surface area contributed by atoms with Crippen molar-refractivity contribution in [3.05, 3.63) is 58.3 Å². The molecule has 0 aliphatic carbocycles. The topological polar surface area (TPSA) is 73.2 Å². The molecule has 0 fully saturated rings. The first-order chi connectivity index (χ1) is 11.1. The van der Waals surface area contributed by atoms with Crippen molar-refractivity contribution in [2.75, 3.05) is 13.2 Å². The van der Waals surface area contributed by atoms with E-state index in [2.05, 4.69) is 22.3 Å². The van der Waals surface area contributed by atoms with Crippen LogP contribution in [0.15, 0.2) is 41.2 Å². The molecule has 0 bridgehead atoms. The van der Waals surface area contributed by atoms with E-state index < -0.39 is 11.7 Å². The molecule has 1 N–H and O–H groups in total. The molecule has 0 saturated heterocycles. The van der Waals surface area contributed by atoms with E-state index in [4.69, 9.17) is 4.74 Å². The van der Waals surface area contributed by atoms with E-state index in [1.54, 1.807) is 12.1 Å². The van der Waals surface area contributed by atoms with Gasteiger partial charge in [-0.2, -0.15) is 5.10 Å². The van der Waals surface area contributed by atoms with Gasteiger partial charge in [0.05, 0.1) is 6.54 Å². The predicted octanol–water partition coefficient (Wildman–Crippen LogP) is 0.732. The Morgan fingerprint density at radius 2 is 2.09 bits per heavy atom. The number of hydrogen-bond donors (Lipinski definition) is 1. The molecule has 1 amide bonds. The van der Waals surface area contributed by atoms with Crippen molar-refractivity contribution < 1.29 is 13.9 Å². The number of aryl methyl sites for hydroxylation is 1. The fourth-order valence-corrected chi connectivity index (χ4v) is 1.63. The average molecular weight is 315 g/mol. The molecule has 7 heteroatoms. The predicted molar refractivity (Wildman–Crippen MR) is 81.5 cm³/mol. The minimum absolute atomic E-state index is 0.00882. The number of aromatic nitrogens is 2. The smallest absolute Gasteiger partial charge is 0.272 e. The van der Waals surface area contributed by atoms with Crippen LogP contribution in [0.5, 0.6) is 5.75 Å².